The van der Waals surface area contributed by atoms with Crippen molar-refractivity contribution < 1.29 is 9.45 Å². The lowest BCUT2D eigenvalue weighted by Gasteiger charge is -2.34. The van der Waals surface area contributed by atoms with Crippen molar-refractivity contribution in [3.8, 4) is 11.5 Å². The van der Waals surface area contributed by atoms with Crippen LogP contribution in [0.4, 0.5) is 5.69 Å². The van der Waals surface area contributed by atoms with E-state index in [0.717, 1.165) is 22.8 Å². The van der Waals surface area contributed by atoms with Crippen LogP contribution in [0.1, 0.15) is 25.1 Å². The van der Waals surface area contributed by atoms with Gasteiger partial charge in [-0.3, -0.25) is 10.1 Å². The number of nitro benzene ring substituents is 1. The second-order valence-electron chi connectivity index (χ2n) is 4.85. The molecule has 1 aromatic heterocycles. The fourth-order valence-corrected chi connectivity index (χ4v) is 2.67. The summed E-state index contributed by atoms with van der Waals surface area (Å²) in [7, 11) is 0. The second kappa shape index (κ2) is 4.77. The molecule has 7 nitrogen and oxygen atoms in total. The topological polar surface area (TPSA) is 108 Å². The summed E-state index contributed by atoms with van der Waals surface area (Å²) in [5.41, 5.74) is 6.18. The van der Waals surface area contributed by atoms with Gasteiger partial charge in [-0.05, 0) is 47.9 Å². The molecule has 0 radical (unpaired) electrons. The third kappa shape index (κ3) is 2.18. The molecule has 1 aliphatic carbocycles. The zero-order valence-corrected chi connectivity index (χ0v) is 12.5. The van der Waals surface area contributed by atoms with E-state index < -0.39 is 10.5 Å². The van der Waals surface area contributed by atoms with Crippen LogP contribution in [0.15, 0.2) is 22.7 Å². The van der Waals surface area contributed by atoms with Gasteiger partial charge in [-0.15, -0.1) is 0 Å². The highest BCUT2D eigenvalue weighted by Gasteiger charge is 2.39. The minimum atomic E-state index is -0.506. The van der Waals surface area contributed by atoms with Crippen molar-refractivity contribution in [2.24, 2.45) is 5.73 Å². The third-order valence-corrected chi connectivity index (χ3v) is 4.45. The lowest BCUT2D eigenvalue weighted by atomic mass is 9.77. The highest BCUT2D eigenvalue weighted by Crippen LogP contribution is 2.38. The molecule has 0 spiro atoms. The molecule has 0 bridgehead atoms. The third-order valence-electron chi connectivity index (χ3n) is 3.51. The van der Waals surface area contributed by atoms with Crippen LogP contribution in [0.3, 0.4) is 0 Å². The minimum absolute atomic E-state index is 0.00808. The maximum atomic E-state index is 10.8. The van der Waals surface area contributed by atoms with E-state index in [1.54, 1.807) is 6.07 Å². The summed E-state index contributed by atoms with van der Waals surface area (Å²) in [6.45, 7) is 0. The Labute approximate surface area is 127 Å². The molecule has 0 amide bonds. The molecule has 1 saturated carbocycles. The Balaban J connectivity index is 2.01. The summed E-state index contributed by atoms with van der Waals surface area (Å²) in [6, 6.07) is 4.53. The Bertz CT molecular complexity index is 681. The van der Waals surface area contributed by atoms with Gasteiger partial charge in [-0.2, -0.15) is 4.98 Å². The maximum Gasteiger partial charge on any atom is 0.270 e. The van der Waals surface area contributed by atoms with E-state index in [1.165, 1.54) is 12.1 Å². The van der Waals surface area contributed by atoms with Crippen LogP contribution < -0.4 is 5.73 Å². The van der Waals surface area contributed by atoms with Gasteiger partial charge >= 0.3 is 0 Å². The van der Waals surface area contributed by atoms with Crippen LogP contribution in [-0.2, 0) is 5.54 Å². The number of aromatic nitrogens is 2. The summed E-state index contributed by atoms with van der Waals surface area (Å²) in [5, 5.41) is 14.7. The van der Waals surface area contributed by atoms with Crippen molar-refractivity contribution >= 4 is 28.3 Å². The number of benzene rings is 1. The largest absolute Gasteiger partial charge is 0.334 e. The zero-order chi connectivity index (χ0) is 14.3. The molecule has 2 aromatic rings. The molecule has 104 valence electrons. The Kier molecular flexibility index (Phi) is 3.21. The quantitative estimate of drug-likeness (QED) is 0.494. The fourth-order valence-electron chi connectivity index (χ4n) is 2.11. The minimum Gasteiger partial charge on any atom is -0.334 e. The lowest BCUT2D eigenvalue weighted by Crippen LogP contribution is -2.44. The van der Waals surface area contributed by atoms with Crippen molar-refractivity contribution in [1.29, 1.82) is 0 Å². The molecule has 1 aliphatic rings. The first kappa shape index (κ1) is 13.4. The number of nitrogens with two attached hydrogens (primary N) is 1. The van der Waals surface area contributed by atoms with Gasteiger partial charge in [0.25, 0.3) is 11.6 Å². The molecule has 8 heteroatoms. The highest BCUT2D eigenvalue weighted by molar-refractivity contribution is 14.1. The molecule has 1 fully saturated rings. The van der Waals surface area contributed by atoms with Gasteiger partial charge < -0.3 is 10.3 Å². The van der Waals surface area contributed by atoms with Gasteiger partial charge in [0.1, 0.15) is 0 Å². The number of hydrogen-bond donors (Lipinski definition) is 1. The normalized spacial score (nSPS) is 16.7. The van der Waals surface area contributed by atoms with Crippen molar-refractivity contribution in [2.75, 3.05) is 0 Å². The monoisotopic (exact) mass is 386 g/mol. The molecule has 0 aliphatic heterocycles. The van der Waals surface area contributed by atoms with Crippen LogP contribution in [-0.4, -0.2) is 15.1 Å². The van der Waals surface area contributed by atoms with Crippen LogP contribution in [0.25, 0.3) is 11.5 Å². The average Bonchev–Trinajstić information content (AvgIpc) is 2.86. The molecule has 0 saturated heterocycles. The molecule has 1 aromatic carbocycles. The predicted molar refractivity (Wildman–Crippen MR) is 78.8 cm³/mol. The summed E-state index contributed by atoms with van der Waals surface area (Å²) >= 11 is 2.08. The Morgan fingerprint density at radius 1 is 1.45 bits per heavy atom. The number of nitrogens with zero attached hydrogens (tertiary/aromatic N) is 3. The van der Waals surface area contributed by atoms with E-state index in [4.69, 9.17) is 10.3 Å². The van der Waals surface area contributed by atoms with E-state index in [2.05, 4.69) is 32.7 Å². The van der Waals surface area contributed by atoms with Gasteiger partial charge in [0.15, 0.2) is 5.82 Å². The smallest absolute Gasteiger partial charge is 0.270 e. The molecule has 3 rings (SSSR count). The van der Waals surface area contributed by atoms with Crippen molar-refractivity contribution in [3.63, 3.8) is 0 Å². The standard InChI is InChI=1S/C12H11IN4O3/c13-9-3-2-7(17(18)19)6-8(9)10-15-11(16-20-10)12(14)4-1-5-12/h2-3,6H,1,4-5,14H2. The molecular weight excluding hydrogens is 375 g/mol. The van der Waals surface area contributed by atoms with Gasteiger partial charge in [-0.25, -0.2) is 0 Å². The summed E-state index contributed by atoms with van der Waals surface area (Å²) in [4.78, 5) is 14.7. The summed E-state index contributed by atoms with van der Waals surface area (Å²) < 4.78 is 6.03. The summed E-state index contributed by atoms with van der Waals surface area (Å²) in [5.74, 6) is 0.742. The molecule has 0 unspecified atom stereocenters. The number of rotatable bonds is 3. The van der Waals surface area contributed by atoms with E-state index in [0.29, 0.717) is 11.4 Å². The first-order valence-corrected chi connectivity index (χ1v) is 7.15. The van der Waals surface area contributed by atoms with Crippen LogP contribution >= 0.6 is 22.6 Å². The maximum absolute atomic E-state index is 10.8. The van der Waals surface area contributed by atoms with Crippen molar-refractivity contribution in [2.45, 2.75) is 24.8 Å². The second-order valence-corrected chi connectivity index (χ2v) is 6.02. The highest BCUT2D eigenvalue weighted by atomic mass is 127. The van der Waals surface area contributed by atoms with E-state index in [9.17, 15) is 10.1 Å². The molecule has 0 atom stereocenters. The fraction of sp³-hybridized carbons (Fsp3) is 0.333. The summed E-state index contributed by atoms with van der Waals surface area (Å²) in [6.07, 6.45) is 2.71. The Hall–Kier alpha value is -1.55. The molecule has 1 heterocycles. The molecular formula is C12H11IN4O3. The molecule has 2 N–H and O–H groups in total. The van der Waals surface area contributed by atoms with Crippen LogP contribution in [0, 0.1) is 13.7 Å². The van der Waals surface area contributed by atoms with Crippen molar-refractivity contribution in [3.05, 3.63) is 37.7 Å². The molecule has 20 heavy (non-hydrogen) atoms. The number of halogens is 1. The lowest BCUT2D eigenvalue weighted by molar-refractivity contribution is -0.384. The van der Waals surface area contributed by atoms with Gasteiger partial charge in [0.2, 0.25) is 0 Å². The van der Waals surface area contributed by atoms with Gasteiger partial charge in [0.05, 0.1) is 16.0 Å². The van der Waals surface area contributed by atoms with E-state index >= 15 is 0 Å². The first-order valence-electron chi connectivity index (χ1n) is 6.07. The van der Waals surface area contributed by atoms with E-state index in [1.807, 2.05) is 0 Å². The predicted octanol–water partition coefficient (Wildman–Crippen LogP) is 2.59. The van der Waals surface area contributed by atoms with Crippen LogP contribution in [0.5, 0.6) is 0 Å². The van der Waals surface area contributed by atoms with Gasteiger partial charge in [0, 0.05) is 15.7 Å². The Morgan fingerprint density at radius 2 is 2.20 bits per heavy atom. The zero-order valence-electron chi connectivity index (χ0n) is 10.4. The Morgan fingerprint density at radius 3 is 2.80 bits per heavy atom. The number of non-ortho nitro benzene ring substituents is 1. The van der Waals surface area contributed by atoms with E-state index in [-0.39, 0.29) is 11.6 Å². The van der Waals surface area contributed by atoms with Gasteiger partial charge in [-0.1, -0.05) is 5.16 Å². The number of nitro groups is 1. The first-order chi connectivity index (χ1) is 9.49. The van der Waals surface area contributed by atoms with Crippen molar-refractivity contribution in [1.82, 2.24) is 10.1 Å². The SMILES string of the molecule is NC1(c2noc(-c3cc([N+](=O)[O-])ccc3I)n2)CCC1. The average molecular weight is 386 g/mol. The number of hydrogen-bond acceptors (Lipinski definition) is 6. The van der Waals surface area contributed by atoms with Crippen LogP contribution in [0.2, 0.25) is 0 Å².